The summed E-state index contributed by atoms with van der Waals surface area (Å²) in [5.41, 5.74) is 0. The summed E-state index contributed by atoms with van der Waals surface area (Å²) in [5, 5.41) is 3.23. The molecule has 1 fully saturated rings. The third-order valence-electron chi connectivity index (χ3n) is 3.52. The van der Waals surface area contributed by atoms with E-state index in [1.54, 1.807) is 6.20 Å². The maximum atomic E-state index is 4.67. The molecule has 1 aromatic heterocycles. The fourth-order valence-electron chi connectivity index (χ4n) is 2.70. The van der Waals surface area contributed by atoms with Gasteiger partial charge in [0, 0.05) is 19.1 Å². The average molecular weight is 248 g/mol. The minimum absolute atomic E-state index is 0.648. The lowest BCUT2D eigenvalue weighted by Crippen LogP contribution is -2.40. The monoisotopic (exact) mass is 248 g/mol. The average Bonchev–Trinajstić information content (AvgIpc) is 2.40. The lowest BCUT2D eigenvalue weighted by Gasteiger charge is -2.36. The van der Waals surface area contributed by atoms with E-state index in [4.69, 9.17) is 0 Å². The summed E-state index contributed by atoms with van der Waals surface area (Å²) in [6.07, 6.45) is 10.1. The Morgan fingerprint density at radius 2 is 2.22 bits per heavy atom. The van der Waals surface area contributed by atoms with Crippen LogP contribution in [0.3, 0.4) is 0 Å². The Kier molecular flexibility index (Phi) is 4.79. The first-order valence-corrected chi connectivity index (χ1v) is 7.17. The molecular formula is C14H24N4. The molecule has 4 nitrogen and oxygen atoms in total. The van der Waals surface area contributed by atoms with Gasteiger partial charge in [0.2, 0.25) is 0 Å². The molecule has 0 radical (unpaired) electrons. The van der Waals surface area contributed by atoms with Gasteiger partial charge < -0.3 is 10.2 Å². The SMILES string of the molecule is CCCC1CCCCN1c1cncc(NCC)n1. The van der Waals surface area contributed by atoms with Gasteiger partial charge in [0.25, 0.3) is 0 Å². The summed E-state index contributed by atoms with van der Waals surface area (Å²) < 4.78 is 0. The number of piperidine rings is 1. The van der Waals surface area contributed by atoms with Crippen LogP contribution in [0.4, 0.5) is 11.6 Å². The Bertz CT molecular complexity index is 365. The highest BCUT2D eigenvalue weighted by Crippen LogP contribution is 2.26. The van der Waals surface area contributed by atoms with Crippen LogP contribution in [0.2, 0.25) is 0 Å². The quantitative estimate of drug-likeness (QED) is 0.869. The molecule has 0 aromatic carbocycles. The molecule has 0 aliphatic carbocycles. The van der Waals surface area contributed by atoms with E-state index in [2.05, 4.69) is 34.0 Å². The minimum Gasteiger partial charge on any atom is -0.369 e. The molecule has 0 bridgehead atoms. The van der Waals surface area contributed by atoms with Gasteiger partial charge in [-0.1, -0.05) is 13.3 Å². The molecule has 1 atom stereocenters. The molecule has 4 heteroatoms. The van der Waals surface area contributed by atoms with Crippen LogP contribution in [0.25, 0.3) is 0 Å². The largest absolute Gasteiger partial charge is 0.369 e. The third kappa shape index (κ3) is 3.12. The van der Waals surface area contributed by atoms with Crippen molar-refractivity contribution >= 4 is 11.6 Å². The van der Waals surface area contributed by atoms with E-state index >= 15 is 0 Å². The number of nitrogens with one attached hydrogen (secondary N) is 1. The molecule has 1 N–H and O–H groups in total. The Balaban J connectivity index is 2.14. The Labute approximate surface area is 110 Å². The molecule has 1 aliphatic heterocycles. The zero-order valence-electron chi connectivity index (χ0n) is 11.5. The second-order valence-electron chi connectivity index (χ2n) is 4.92. The van der Waals surface area contributed by atoms with Crippen LogP contribution in [0.1, 0.15) is 46.0 Å². The second kappa shape index (κ2) is 6.57. The predicted molar refractivity (Wildman–Crippen MR) is 76.1 cm³/mol. The van der Waals surface area contributed by atoms with Crippen molar-refractivity contribution in [2.45, 2.75) is 52.0 Å². The van der Waals surface area contributed by atoms with Crippen molar-refractivity contribution in [3.05, 3.63) is 12.4 Å². The van der Waals surface area contributed by atoms with Crippen LogP contribution >= 0.6 is 0 Å². The van der Waals surface area contributed by atoms with Crippen molar-refractivity contribution in [2.24, 2.45) is 0 Å². The number of aromatic nitrogens is 2. The molecule has 1 aliphatic rings. The van der Waals surface area contributed by atoms with Crippen LogP contribution < -0.4 is 10.2 Å². The molecule has 100 valence electrons. The van der Waals surface area contributed by atoms with Crippen LogP contribution in [-0.2, 0) is 0 Å². The van der Waals surface area contributed by atoms with E-state index < -0.39 is 0 Å². The maximum absolute atomic E-state index is 4.67. The minimum atomic E-state index is 0.648. The summed E-state index contributed by atoms with van der Waals surface area (Å²) in [7, 11) is 0. The predicted octanol–water partition coefficient (Wildman–Crippen LogP) is 3.07. The first-order valence-electron chi connectivity index (χ1n) is 7.17. The zero-order valence-corrected chi connectivity index (χ0v) is 11.5. The maximum Gasteiger partial charge on any atom is 0.149 e. The van der Waals surface area contributed by atoms with Crippen LogP contribution in [0, 0.1) is 0 Å². The van der Waals surface area contributed by atoms with Gasteiger partial charge in [0.1, 0.15) is 11.6 Å². The molecule has 0 spiro atoms. The summed E-state index contributed by atoms with van der Waals surface area (Å²) >= 11 is 0. The van der Waals surface area contributed by atoms with Crippen molar-refractivity contribution in [3.8, 4) is 0 Å². The number of hydrogen-bond acceptors (Lipinski definition) is 4. The van der Waals surface area contributed by atoms with Crippen molar-refractivity contribution in [2.75, 3.05) is 23.3 Å². The lowest BCUT2D eigenvalue weighted by atomic mass is 9.98. The van der Waals surface area contributed by atoms with Gasteiger partial charge in [-0.3, -0.25) is 4.98 Å². The number of anilines is 2. The van der Waals surface area contributed by atoms with E-state index in [1.807, 2.05) is 6.20 Å². The van der Waals surface area contributed by atoms with Crippen LogP contribution in [0.5, 0.6) is 0 Å². The lowest BCUT2D eigenvalue weighted by molar-refractivity contribution is 0.431. The van der Waals surface area contributed by atoms with Crippen LogP contribution in [-0.4, -0.2) is 29.1 Å². The van der Waals surface area contributed by atoms with Crippen molar-refractivity contribution in [1.82, 2.24) is 9.97 Å². The summed E-state index contributed by atoms with van der Waals surface area (Å²) in [5.74, 6) is 1.92. The topological polar surface area (TPSA) is 41.1 Å². The number of nitrogens with zero attached hydrogens (tertiary/aromatic N) is 3. The Morgan fingerprint density at radius 3 is 3.00 bits per heavy atom. The third-order valence-corrected chi connectivity index (χ3v) is 3.52. The molecular weight excluding hydrogens is 224 g/mol. The molecule has 1 saturated heterocycles. The van der Waals surface area contributed by atoms with E-state index in [0.29, 0.717) is 6.04 Å². The summed E-state index contributed by atoms with van der Waals surface area (Å²) in [4.78, 5) is 11.4. The van der Waals surface area contributed by atoms with E-state index in [-0.39, 0.29) is 0 Å². The van der Waals surface area contributed by atoms with Gasteiger partial charge >= 0.3 is 0 Å². The Morgan fingerprint density at radius 1 is 1.33 bits per heavy atom. The molecule has 1 unspecified atom stereocenters. The van der Waals surface area contributed by atoms with Crippen LogP contribution in [0.15, 0.2) is 12.4 Å². The van der Waals surface area contributed by atoms with Gasteiger partial charge in [-0.15, -0.1) is 0 Å². The van der Waals surface area contributed by atoms with Gasteiger partial charge in [0.05, 0.1) is 12.4 Å². The highest BCUT2D eigenvalue weighted by atomic mass is 15.2. The summed E-state index contributed by atoms with van der Waals surface area (Å²) in [6.45, 7) is 6.34. The van der Waals surface area contributed by atoms with E-state index in [9.17, 15) is 0 Å². The normalized spacial score (nSPS) is 19.9. The smallest absolute Gasteiger partial charge is 0.149 e. The van der Waals surface area contributed by atoms with Gasteiger partial charge in [-0.25, -0.2) is 4.98 Å². The van der Waals surface area contributed by atoms with Gasteiger partial charge in [-0.2, -0.15) is 0 Å². The van der Waals surface area contributed by atoms with Crippen molar-refractivity contribution < 1.29 is 0 Å². The highest BCUT2D eigenvalue weighted by molar-refractivity contribution is 5.44. The fourth-order valence-corrected chi connectivity index (χ4v) is 2.70. The highest BCUT2D eigenvalue weighted by Gasteiger charge is 2.23. The molecule has 2 heterocycles. The first kappa shape index (κ1) is 13.1. The Hall–Kier alpha value is -1.32. The van der Waals surface area contributed by atoms with Crippen molar-refractivity contribution in [1.29, 1.82) is 0 Å². The molecule has 2 rings (SSSR count). The first-order chi connectivity index (χ1) is 8.85. The zero-order chi connectivity index (χ0) is 12.8. The fraction of sp³-hybridized carbons (Fsp3) is 0.714. The van der Waals surface area contributed by atoms with E-state index in [1.165, 1.54) is 32.1 Å². The summed E-state index contributed by atoms with van der Waals surface area (Å²) in [6, 6.07) is 0.648. The molecule has 1 aromatic rings. The molecule has 0 amide bonds. The van der Waals surface area contributed by atoms with Gasteiger partial charge in [0.15, 0.2) is 0 Å². The number of rotatable bonds is 5. The molecule has 0 saturated carbocycles. The van der Waals surface area contributed by atoms with E-state index in [0.717, 1.165) is 24.7 Å². The molecule has 18 heavy (non-hydrogen) atoms. The number of hydrogen-bond donors (Lipinski definition) is 1. The standard InChI is InChI=1S/C14H24N4/c1-3-7-12-8-5-6-9-18(12)14-11-15-10-13(17-14)16-4-2/h10-12H,3-9H2,1-2H3,(H,16,17). The van der Waals surface area contributed by atoms with Crippen molar-refractivity contribution in [3.63, 3.8) is 0 Å². The second-order valence-corrected chi connectivity index (χ2v) is 4.92. The van der Waals surface area contributed by atoms with Gasteiger partial charge in [-0.05, 0) is 32.6 Å².